The Hall–Kier alpha value is -1.06. The van der Waals surface area contributed by atoms with Gasteiger partial charge in [0, 0.05) is 5.92 Å². The van der Waals surface area contributed by atoms with E-state index in [-0.39, 0.29) is 18.4 Å². The van der Waals surface area contributed by atoms with Crippen LogP contribution in [0, 0.1) is 23.2 Å². The molecule has 0 aliphatic heterocycles. The van der Waals surface area contributed by atoms with Gasteiger partial charge in [-0.2, -0.15) is 0 Å². The lowest BCUT2D eigenvalue weighted by Gasteiger charge is -2.35. The van der Waals surface area contributed by atoms with Gasteiger partial charge in [-0.05, 0) is 49.4 Å². The van der Waals surface area contributed by atoms with E-state index in [9.17, 15) is 9.59 Å². The summed E-state index contributed by atoms with van der Waals surface area (Å²) in [7, 11) is 0. The minimum atomic E-state index is -0.462. The van der Waals surface area contributed by atoms with Crippen LogP contribution in [0.5, 0.6) is 0 Å². The van der Waals surface area contributed by atoms with Crippen molar-refractivity contribution in [2.24, 2.45) is 28.9 Å². The summed E-state index contributed by atoms with van der Waals surface area (Å²) in [6, 6.07) is 0. The summed E-state index contributed by atoms with van der Waals surface area (Å²) >= 11 is 0. The molecule has 3 rings (SSSR count). The Morgan fingerprint density at radius 3 is 2.69 bits per heavy atom. The smallest absolute Gasteiger partial charge is 0.236 e. The number of primary amides is 1. The summed E-state index contributed by atoms with van der Waals surface area (Å²) in [5.74, 6) is 1.45. The predicted octanol–water partition coefficient (Wildman–Crippen LogP) is 0.414. The maximum Gasteiger partial charge on any atom is 0.236 e. The molecule has 3 aliphatic rings. The first-order valence-corrected chi connectivity index (χ1v) is 6.19. The standard InChI is InChI=1S/C12H18N2O2/c13-10(15)6-14-11(16)9-5-12(9)4-3-7-1-2-8(7)12/h7-9H,1-6H2,(H2,13,15)(H,14,16). The highest BCUT2D eigenvalue weighted by molar-refractivity contribution is 5.87. The van der Waals surface area contributed by atoms with Gasteiger partial charge in [-0.3, -0.25) is 9.59 Å². The zero-order chi connectivity index (χ0) is 11.3. The van der Waals surface area contributed by atoms with Gasteiger partial charge in [-0.1, -0.05) is 0 Å². The van der Waals surface area contributed by atoms with Gasteiger partial charge < -0.3 is 11.1 Å². The van der Waals surface area contributed by atoms with Crippen LogP contribution in [0.25, 0.3) is 0 Å². The van der Waals surface area contributed by atoms with Gasteiger partial charge in [0.25, 0.3) is 0 Å². The molecule has 0 aromatic carbocycles. The van der Waals surface area contributed by atoms with Crippen LogP contribution in [0.2, 0.25) is 0 Å². The summed E-state index contributed by atoms with van der Waals surface area (Å²) in [6.07, 6.45) is 6.24. The molecule has 2 amide bonds. The summed E-state index contributed by atoms with van der Waals surface area (Å²) in [5.41, 5.74) is 5.34. The quantitative estimate of drug-likeness (QED) is 0.726. The van der Waals surface area contributed by atoms with Crippen molar-refractivity contribution < 1.29 is 9.59 Å². The third-order valence-corrected chi connectivity index (χ3v) is 5.01. The largest absolute Gasteiger partial charge is 0.368 e. The van der Waals surface area contributed by atoms with Gasteiger partial charge in [0.2, 0.25) is 11.8 Å². The number of hydrogen-bond acceptors (Lipinski definition) is 2. The Bertz CT molecular complexity index is 355. The normalized spacial score (nSPS) is 43.6. The van der Waals surface area contributed by atoms with Gasteiger partial charge in [-0.15, -0.1) is 0 Å². The van der Waals surface area contributed by atoms with E-state index < -0.39 is 5.91 Å². The van der Waals surface area contributed by atoms with Crippen molar-refractivity contribution >= 4 is 11.8 Å². The van der Waals surface area contributed by atoms with Crippen LogP contribution >= 0.6 is 0 Å². The molecule has 0 bridgehead atoms. The molecule has 0 radical (unpaired) electrons. The molecule has 3 N–H and O–H groups in total. The number of amides is 2. The number of carbonyl (C=O) groups excluding carboxylic acids is 2. The van der Waals surface area contributed by atoms with Crippen LogP contribution in [0.3, 0.4) is 0 Å². The maximum absolute atomic E-state index is 11.8. The minimum Gasteiger partial charge on any atom is -0.368 e. The molecule has 4 heteroatoms. The van der Waals surface area contributed by atoms with Crippen LogP contribution < -0.4 is 11.1 Å². The monoisotopic (exact) mass is 222 g/mol. The Morgan fingerprint density at radius 1 is 1.31 bits per heavy atom. The molecule has 3 saturated carbocycles. The van der Waals surface area contributed by atoms with E-state index in [1.54, 1.807) is 0 Å². The Labute approximate surface area is 94.9 Å². The second-order valence-electron chi connectivity index (χ2n) is 5.66. The number of fused-ring (bicyclic) bond motifs is 2. The van der Waals surface area contributed by atoms with Crippen molar-refractivity contribution in [3.05, 3.63) is 0 Å². The van der Waals surface area contributed by atoms with Crippen molar-refractivity contribution in [3.8, 4) is 0 Å². The fraction of sp³-hybridized carbons (Fsp3) is 0.833. The number of nitrogens with one attached hydrogen (secondary N) is 1. The fourth-order valence-electron chi connectivity index (χ4n) is 3.97. The van der Waals surface area contributed by atoms with Crippen molar-refractivity contribution in [1.29, 1.82) is 0 Å². The van der Waals surface area contributed by atoms with Crippen molar-refractivity contribution in [1.82, 2.24) is 5.32 Å². The highest BCUT2D eigenvalue weighted by Gasteiger charge is 2.67. The third kappa shape index (κ3) is 1.28. The Morgan fingerprint density at radius 2 is 2.12 bits per heavy atom. The zero-order valence-electron chi connectivity index (χ0n) is 9.37. The van der Waals surface area contributed by atoms with Gasteiger partial charge in [0.1, 0.15) is 0 Å². The minimum absolute atomic E-state index is 0.0144. The maximum atomic E-state index is 11.8. The summed E-state index contributed by atoms with van der Waals surface area (Å²) < 4.78 is 0. The van der Waals surface area contributed by atoms with Gasteiger partial charge >= 0.3 is 0 Å². The predicted molar refractivity (Wildman–Crippen MR) is 58.2 cm³/mol. The molecular formula is C12H18N2O2. The fourth-order valence-corrected chi connectivity index (χ4v) is 3.97. The van der Waals surface area contributed by atoms with E-state index in [4.69, 9.17) is 5.73 Å². The van der Waals surface area contributed by atoms with Crippen molar-refractivity contribution in [2.45, 2.75) is 32.1 Å². The Kier molecular flexibility index (Phi) is 2.03. The van der Waals surface area contributed by atoms with Crippen LogP contribution in [0.4, 0.5) is 0 Å². The molecule has 16 heavy (non-hydrogen) atoms. The van der Waals surface area contributed by atoms with E-state index in [1.807, 2.05) is 0 Å². The topological polar surface area (TPSA) is 72.2 Å². The molecule has 0 aromatic rings. The third-order valence-electron chi connectivity index (χ3n) is 5.01. The summed E-state index contributed by atoms with van der Waals surface area (Å²) in [4.78, 5) is 22.4. The molecule has 3 aliphatic carbocycles. The van der Waals surface area contributed by atoms with E-state index in [1.165, 1.54) is 25.7 Å². The lowest BCUT2D eigenvalue weighted by molar-refractivity contribution is -0.126. The van der Waals surface area contributed by atoms with Crippen molar-refractivity contribution in [3.63, 3.8) is 0 Å². The van der Waals surface area contributed by atoms with Crippen LogP contribution in [0.1, 0.15) is 32.1 Å². The molecule has 4 atom stereocenters. The number of hydrogen-bond donors (Lipinski definition) is 2. The molecule has 0 aromatic heterocycles. The van der Waals surface area contributed by atoms with E-state index in [0.717, 1.165) is 18.3 Å². The zero-order valence-corrected chi connectivity index (χ0v) is 9.37. The van der Waals surface area contributed by atoms with E-state index in [0.29, 0.717) is 5.41 Å². The molecule has 0 heterocycles. The van der Waals surface area contributed by atoms with Crippen LogP contribution in [-0.2, 0) is 9.59 Å². The van der Waals surface area contributed by atoms with Gasteiger partial charge in [-0.25, -0.2) is 0 Å². The lowest BCUT2D eigenvalue weighted by Crippen LogP contribution is -2.36. The van der Waals surface area contributed by atoms with E-state index >= 15 is 0 Å². The molecule has 4 unspecified atom stereocenters. The number of carbonyl (C=O) groups is 2. The van der Waals surface area contributed by atoms with Gasteiger partial charge in [0.05, 0.1) is 6.54 Å². The molecule has 1 spiro atoms. The second kappa shape index (κ2) is 3.22. The van der Waals surface area contributed by atoms with Gasteiger partial charge in [0.15, 0.2) is 0 Å². The SMILES string of the molecule is NC(=O)CNC(=O)C1CC12CCC1CCC12. The first-order chi connectivity index (χ1) is 7.63. The highest BCUT2D eigenvalue weighted by atomic mass is 16.2. The van der Waals surface area contributed by atoms with Crippen LogP contribution in [-0.4, -0.2) is 18.4 Å². The molecule has 3 fully saturated rings. The summed E-state index contributed by atoms with van der Waals surface area (Å²) in [6.45, 7) is -0.0144. The van der Waals surface area contributed by atoms with E-state index in [2.05, 4.69) is 5.32 Å². The lowest BCUT2D eigenvalue weighted by atomic mass is 9.70. The molecule has 88 valence electrons. The number of rotatable bonds is 3. The second-order valence-corrected chi connectivity index (χ2v) is 5.66. The van der Waals surface area contributed by atoms with Crippen LogP contribution in [0.15, 0.2) is 0 Å². The van der Waals surface area contributed by atoms with Crippen molar-refractivity contribution in [2.75, 3.05) is 6.54 Å². The average Bonchev–Trinajstić information content (AvgIpc) is 2.81. The molecular weight excluding hydrogens is 204 g/mol. The average molecular weight is 222 g/mol. The highest BCUT2D eigenvalue weighted by Crippen LogP contribution is 2.72. The number of nitrogens with two attached hydrogens (primary N) is 1. The summed E-state index contributed by atoms with van der Waals surface area (Å²) in [5, 5.41) is 2.64. The molecule has 4 nitrogen and oxygen atoms in total. The first-order valence-electron chi connectivity index (χ1n) is 6.19. The molecule has 0 saturated heterocycles. The first kappa shape index (κ1) is 10.1. The Balaban J connectivity index is 1.59.